The predicted molar refractivity (Wildman–Crippen MR) is 100 cm³/mol. The topological polar surface area (TPSA) is 51.3 Å². The third kappa shape index (κ3) is 4.23. The third-order valence-electron chi connectivity index (χ3n) is 4.74. The van der Waals surface area contributed by atoms with Crippen LogP contribution in [0.1, 0.15) is 34.7 Å². The van der Waals surface area contributed by atoms with E-state index in [1.807, 2.05) is 72.9 Å². The fraction of sp³-hybridized carbons (Fsp3) is 0.333. The SMILES string of the molecule is Cc1nn(C)c(C)c1CCC(=O)N(Cc1ccccc1)Cc1ccco1. The first-order valence-corrected chi connectivity index (χ1v) is 8.87. The number of aromatic nitrogens is 2. The molecule has 0 fully saturated rings. The second kappa shape index (κ2) is 8.04. The largest absolute Gasteiger partial charge is 0.467 e. The zero-order chi connectivity index (χ0) is 18.5. The Bertz CT molecular complexity index is 851. The summed E-state index contributed by atoms with van der Waals surface area (Å²) in [6.07, 6.45) is 2.80. The van der Waals surface area contributed by atoms with Gasteiger partial charge in [-0.05, 0) is 43.5 Å². The van der Waals surface area contributed by atoms with Crippen LogP contribution in [-0.2, 0) is 31.4 Å². The Morgan fingerprint density at radius 3 is 2.50 bits per heavy atom. The van der Waals surface area contributed by atoms with Gasteiger partial charge in [-0.15, -0.1) is 0 Å². The summed E-state index contributed by atoms with van der Waals surface area (Å²) in [5.41, 5.74) is 4.40. The van der Waals surface area contributed by atoms with Gasteiger partial charge in [0, 0.05) is 25.7 Å². The average molecular weight is 351 g/mol. The van der Waals surface area contributed by atoms with Crippen LogP contribution >= 0.6 is 0 Å². The van der Waals surface area contributed by atoms with E-state index in [0.29, 0.717) is 25.9 Å². The molecule has 0 aliphatic rings. The minimum Gasteiger partial charge on any atom is -0.467 e. The van der Waals surface area contributed by atoms with E-state index in [-0.39, 0.29) is 5.91 Å². The quantitative estimate of drug-likeness (QED) is 0.651. The highest BCUT2D eigenvalue weighted by Gasteiger charge is 2.18. The van der Waals surface area contributed by atoms with Crippen molar-refractivity contribution in [3.63, 3.8) is 0 Å². The molecule has 3 aromatic rings. The normalized spacial score (nSPS) is 10.9. The third-order valence-corrected chi connectivity index (χ3v) is 4.74. The second-order valence-corrected chi connectivity index (χ2v) is 6.59. The number of carbonyl (C=O) groups is 1. The number of amides is 1. The first-order valence-electron chi connectivity index (χ1n) is 8.87. The lowest BCUT2D eigenvalue weighted by Gasteiger charge is -2.22. The molecule has 136 valence electrons. The van der Waals surface area contributed by atoms with Crippen molar-refractivity contribution in [2.24, 2.45) is 7.05 Å². The molecule has 0 aliphatic carbocycles. The van der Waals surface area contributed by atoms with E-state index in [2.05, 4.69) is 5.10 Å². The minimum atomic E-state index is 0.118. The molecule has 1 aromatic carbocycles. The first-order chi connectivity index (χ1) is 12.5. The molecule has 2 heterocycles. The first kappa shape index (κ1) is 18.0. The van der Waals surface area contributed by atoms with E-state index in [9.17, 15) is 4.79 Å². The van der Waals surface area contributed by atoms with Gasteiger partial charge in [0.05, 0.1) is 18.5 Å². The summed E-state index contributed by atoms with van der Waals surface area (Å²) in [6.45, 7) is 5.10. The molecule has 0 atom stereocenters. The van der Waals surface area contributed by atoms with Crippen molar-refractivity contribution in [1.29, 1.82) is 0 Å². The Labute approximate surface area is 154 Å². The fourth-order valence-corrected chi connectivity index (χ4v) is 3.20. The van der Waals surface area contributed by atoms with Crippen LogP contribution < -0.4 is 0 Å². The number of furan rings is 1. The van der Waals surface area contributed by atoms with Crippen molar-refractivity contribution < 1.29 is 9.21 Å². The zero-order valence-corrected chi connectivity index (χ0v) is 15.6. The Balaban J connectivity index is 1.71. The molecule has 0 saturated heterocycles. The van der Waals surface area contributed by atoms with Gasteiger partial charge < -0.3 is 9.32 Å². The van der Waals surface area contributed by atoms with Crippen LogP contribution in [0.15, 0.2) is 53.1 Å². The number of rotatable bonds is 7. The maximum atomic E-state index is 12.9. The van der Waals surface area contributed by atoms with Crippen LogP contribution in [0.4, 0.5) is 0 Å². The molecule has 0 radical (unpaired) electrons. The van der Waals surface area contributed by atoms with Crippen molar-refractivity contribution >= 4 is 5.91 Å². The highest BCUT2D eigenvalue weighted by Crippen LogP contribution is 2.17. The van der Waals surface area contributed by atoms with Gasteiger partial charge >= 0.3 is 0 Å². The Hall–Kier alpha value is -2.82. The maximum absolute atomic E-state index is 12.9. The Morgan fingerprint density at radius 2 is 1.88 bits per heavy atom. The van der Waals surface area contributed by atoms with E-state index >= 15 is 0 Å². The number of hydrogen-bond acceptors (Lipinski definition) is 3. The molecule has 5 nitrogen and oxygen atoms in total. The Kier molecular flexibility index (Phi) is 5.56. The van der Waals surface area contributed by atoms with Gasteiger partial charge in [0.1, 0.15) is 5.76 Å². The van der Waals surface area contributed by atoms with Crippen LogP contribution in [0.2, 0.25) is 0 Å². The van der Waals surface area contributed by atoms with E-state index in [1.54, 1.807) is 6.26 Å². The summed E-state index contributed by atoms with van der Waals surface area (Å²) < 4.78 is 7.32. The van der Waals surface area contributed by atoms with Gasteiger partial charge in [0.15, 0.2) is 0 Å². The van der Waals surface area contributed by atoms with Crippen molar-refractivity contribution in [1.82, 2.24) is 14.7 Å². The second-order valence-electron chi connectivity index (χ2n) is 6.59. The number of aryl methyl sites for hydroxylation is 2. The molecule has 0 bridgehead atoms. The maximum Gasteiger partial charge on any atom is 0.223 e. The van der Waals surface area contributed by atoms with Crippen molar-refractivity contribution in [2.45, 2.75) is 39.8 Å². The molecule has 2 aromatic heterocycles. The monoisotopic (exact) mass is 351 g/mol. The van der Waals surface area contributed by atoms with Crippen LogP contribution in [0.5, 0.6) is 0 Å². The summed E-state index contributed by atoms with van der Waals surface area (Å²) in [7, 11) is 1.94. The molecule has 0 N–H and O–H groups in total. The van der Waals surface area contributed by atoms with E-state index < -0.39 is 0 Å². The summed E-state index contributed by atoms with van der Waals surface area (Å²) in [5.74, 6) is 0.913. The van der Waals surface area contributed by atoms with Gasteiger partial charge in [-0.1, -0.05) is 30.3 Å². The highest BCUT2D eigenvalue weighted by atomic mass is 16.3. The molecule has 0 unspecified atom stereocenters. The van der Waals surface area contributed by atoms with Gasteiger partial charge in [0.2, 0.25) is 5.91 Å². The zero-order valence-electron chi connectivity index (χ0n) is 15.6. The van der Waals surface area contributed by atoms with Gasteiger partial charge in [-0.3, -0.25) is 9.48 Å². The number of benzene rings is 1. The molecule has 5 heteroatoms. The van der Waals surface area contributed by atoms with E-state index in [1.165, 1.54) is 5.56 Å². The van der Waals surface area contributed by atoms with Crippen molar-refractivity contribution in [3.05, 3.63) is 77.0 Å². The summed E-state index contributed by atoms with van der Waals surface area (Å²) in [4.78, 5) is 14.8. The lowest BCUT2D eigenvalue weighted by atomic mass is 10.1. The van der Waals surface area contributed by atoms with E-state index in [0.717, 1.165) is 22.7 Å². The molecule has 3 rings (SSSR count). The smallest absolute Gasteiger partial charge is 0.223 e. The summed E-state index contributed by atoms with van der Waals surface area (Å²) >= 11 is 0. The lowest BCUT2D eigenvalue weighted by molar-refractivity contribution is -0.132. The highest BCUT2D eigenvalue weighted by molar-refractivity contribution is 5.76. The van der Waals surface area contributed by atoms with Crippen molar-refractivity contribution in [3.8, 4) is 0 Å². The molecular weight excluding hydrogens is 326 g/mol. The number of hydrogen-bond donors (Lipinski definition) is 0. The predicted octanol–water partition coefficient (Wildman–Crippen LogP) is 3.79. The fourth-order valence-electron chi connectivity index (χ4n) is 3.20. The van der Waals surface area contributed by atoms with Crippen LogP contribution in [-0.4, -0.2) is 20.6 Å². The minimum absolute atomic E-state index is 0.118. The van der Waals surface area contributed by atoms with Gasteiger partial charge in [0.25, 0.3) is 0 Å². The average Bonchev–Trinajstić information content (AvgIpc) is 3.22. The van der Waals surface area contributed by atoms with Crippen molar-refractivity contribution in [2.75, 3.05) is 0 Å². The molecule has 1 amide bonds. The van der Waals surface area contributed by atoms with Gasteiger partial charge in [-0.25, -0.2) is 0 Å². The summed E-state index contributed by atoms with van der Waals surface area (Å²) in [5, 5.41) is 4.44. The molecule has 0 aliphatic heterocycles. The molecular formula is C21H25N3O2. The standard InChI is InChI=1S/C21H25N3O2/c1-16-20(17(2)23(3)22-16)11-12-21(25)24(15-19-10-7-13-26-19)14-18-8-5-4-6-9-18/h4-10,13H,11-12,14-15H2,1-3H3. The molecule has 26 heavy (non-hydrogen) atoms. The lowest BCUT2D eigenvalue weighted by Crippen LogP contribution is -2.30. The number of nitrogens with zero attached hydrogens (tertiary/aromatic N) is 3. The number of carbonyl (C=O) groups excluding carboxylic acids is 1. The Morgan fingerprint density at radius 1 is 1.12 bits per heavy atom. The van der Waals surface area contributed by atoms with E-state index in [4.69, 9.17) is 4.42 Å². The van der Waals surface area contributed by atoms with Crippen LogP contribution in [0.25, 0.3) is 0 Å². The molecule has 0 spiro atoms. The molecule has 0 saturated carbocycles. The summed E-state index contributed by atoms with van der Waals surface area (Å²) in [6, 6.07) is 13.8. The van der Waals surface area contributed by atoms with Crippen LogP contribution in [0.3, 0.4) is 0 Å². The van der Waals surface area contributed by atoms with Crippen LogP contribution in [0, 0.1) is 13.8 Å². The van der Waals surface area contributed by atoms with Gasteiger partial charge in [-0.2, -0.15) is 5.10 Å².